The van der Waals surface area contributed by atoms with Crippen molar-refractivity contribution in [3.8, 4) is 0 Å². The number of aromatic nitrogens is 1. The number of rotatable bonds is 2. The number of hydrogen-bond acceptors (Lipinski definition) is 3. The van der Waals surface area contributed by atoms with Gasteiger partial charge in [0.1, 0.15) is 5.02 Å². The van der Waals surface area contributed by atoms with Gasteiger partial charge in [-0.05, 0) is 32.9 Å². The van der Waals surface area contributed by atoms with Gasteiger partial charge in [-0.1, -0.05) is 40.1 Å². The van der Waals surface area contributed by atoms with Crippen molar-refractivity contribution in [3.05, 3.63) is 50.4 Å². The lowest BCUT2D eigenvalue weighted by Gasteiger charge is -2.26. The molecule has 2 aromatic rings. The van der Waals surface area contributed by atoms with Crippen LogP contribution in [0.3, 0.4) is 0 Å². The molecule has 0 unspecified atom stereocenters. The second-order valence-corrected chi connectivity index (χ2v) is 5.54. The molecule has 7 heteroatoms. The average Bonchev–Trinajstić information content (AvgIpc) is 2.68. The van der Waals surface area contributed by atoms with Gasteiger partial charge in [-0.3, -0.25) is 9.69 Å². The van der Waals surface area contributed by atoms with E-state index in [0.717, 1.165) is 0 Å². The normalized spacial score (nSPS) is 11.0. The minimum Gasteiger partial charge on any atom is -0.370 e. The number of nitrogens with zero attached hydrogens (tertiary/aromatic N) is 2. The third-order valence-electron chi connectivity index (χ3n) is 2.92. The Morgan fingerprint density at radius 2 is 1.90 bits per heavy atom. The maximum atomic E-state index is 12.6. The number of anilines is 1. The van der Waals surface area contributed by atoms with E-state index in [9.17, 15) is 9.59 Å². The van der Waals surface area contributed by atoms with Crippen molar-refractivity contribution in [1.29, 1.82) is 0 Å². The van der Waals surface area contributed by atoms with Crippen molar-refractivity contribution in [2.45, 2.75) is 26.8 Å². The molecule has 5 nitrogen and oxygen atoms in total. The standard InChI is InChI=1S/C14H14Cl2N2O3/c1-8(2)17(11-7-5-4-6-10(11)15)14(20)18-13(19)12(16)9(3)21-18/h4-8H,1-3H3. The largest absolute Gasteiger partial charge is 0.370 e. The highest BCUT2D eigenvalue weighted by atomic mass is 35.5. The Morgan fingerprint density at radius 1 is 1.29 bits per heavy atom. The number of hydrogen-bond donors (Lipinski definition) is 0. The molecule has 0 atom stereocenters. The van der Waals surface area contributed by atoms with E-state index in [1.165, 1.54) is 11.8 Å². The molecule has 1 heterocycles. The van der Waals surface area contributed by atoms with Crippen LogP contribution >= 0.6 is 23.2 Å². The van der Waals surface area contributed by atoms with Crippen molar-refractivity contribution in [1.82, 2.24) is 4.74 Å². The fourth-order valence-electron chi connectivity index (χ4n) is 1.93. The zero-order chi connectivity index (χ0) is 15.7. The summed E-state index contributed by atoms with van der Waals surface area (Å²) < 4.78 is 5.78. The van der Waals surface area contributed by atoms with Crippen LogP contribution in [0, 0.1) is 6.92 Å². The van der Waals surface area contributed by atoms with Crippen LogP contribution in [-0.2, 0) is 0 Å². The molecule has 1 aromatic heterocycles. The summed E-state index contributed by atoms with van der Waals surface area (Å²) in [6.45, 7) is 5.13. The molecule has 0 saturated carbocycles. The van der Waals surface area contributed by atoms with E-state index < -0.39 is 11.6 Å². The van der Waals surface area contributed by atoms with E-state index in [4.69, 9.17) is 27.7 Å². The number of carbonyl (C=O) groups excluding carboxylic acids is 1. The molecule has 1 amide bonds. The Hall–Kier alpha value is -1.72. The highest BCUT2D eigenvalue weighted by Gasteiger charge is 2.27. The van der Waals surface area contributed by atoms with Crippen molar-refractivity contribution in [2.75, 3.05) is 4.90 Å². The Labute approximate surface area is 131 Å². The summed E-state index contributed by atoms with van der Waals surface area (Å²) in [5.74, 6) is 0.192. The summed E-state index contributed by atoms with van der Waals surface area (Å²) in [5, 5.41) is 0.299. The highest BCUT2D eigenvalue weighted by molar-refractivity contribution is 6.34. The van der Waals surface area contributed by atoms with Crippen molar-refractivity contribution in [3.63, 3.8) is 0 Å². The Balaban J connectivity index is 2.54. The van der Waals surface area contributed by atoms with Crippen LogP contribution in [0.25, 0.3) is 0 Å². The first-order chi connectivity index (χ1) is 9.84. The monoisotopic (exact) mass is 328 g/mol. The van der Waals surface area contributed by atoms with Gasteiger partial charge in [-0.2, -0.15) is 0 Å². The van der Waals surface area contributed by atoms with Crippen LogP contribution in [0.4, 0.5) is 10.5 Å². The predicted molar refractivity (Wildman–Crippen MR) is 82.6 cm³/mol. The number of benzene rings is 1. The number of amides is 1. The number of carbonyl (C=O) groups is 1. The van der Waals surface area contributed by atoms with Gasteiger partial charge < -0.3 is 4.52 Å². The molecule has 0 N–H and O–H groups in total. The highest BCUT2D eigenvalue weighted by Crippen LogP contribution is 2.27. The van der Waals surface area contributed by atoms with Crippen LogP contribution in [-0.4, -0.2) is 16.8 Å². The van der Waals surface area contributed by atoms with Gasteiger partial charge in [0.15, 0.2) is 5.76 Å². The number of para-hydroxylation sites is 1. The van der Waals surface area contributed by atoms with Gasteiger partial charge in [0.25, 0.3) is 0 Å². The summed E-state index contributed by atoms with van der Waals surface area (Å²) in [6, 6.07) is 6.01. The Morgan fingerprint density at radius 3 is 2.38 bits per heavy atom. The zero-order valence-electron chi connectivity index (χ0n) is 11.8. The molecule has 21 heavy (non-hydrogen) atoms. The van der Waals surface area contributed by atoms with Crippen molar-refractivity contribution in [2.24, 2.45) is 0 Å². The number of halogens is 2. The third-order valence-corrected chi connectivity index (χ3v) is 3.67. The Kier molecular flexibility index (Phi) is 4.44. The van der Waals surface area contributed by atoms with Crippen LogP contribution < -0.4 is 10.5 Å². The topological polar surface area (TPSA) is 55.5 Å². The van der Waals surface area contributed by atoms with Gasteiger partial charge in [-0.15, -0.1) is 0 Å². The molecule has 0 aliphatic rings. The van der Waals surface area contributed by atoms with E-state index in [2.05, 4.69) is 0 Å². The van der Waals surface area contributed by atoms with Crippen LogP contribution in [0.5, 0.6) is 0 Å². The molecule has 112 valence electrons. The van der Waals surface area contributed by atoms with Gasteiger partial charge in [0.2, 0.25) is 0 Å². The van der Waals surface area contributed by atoms with E-state index >= 15 is 0 Å². The average molecular weight is 329 g/mol. The smallest absolute Gasteiger partial charge is 0.365 e. The van der Waals surface area contributed by atoms with Crippen molar-refractivity contribution >= 4 is 34.9 Å². The van der Waals surface area contributed by atoms with Gasteiger partial charge in [0.05, 0.1) is 10.7 Å². The maximum Gasteiger partial charge on any atom is 0.365 e. The molecule has 0 spiro atoms. The maximum absolute atomic E-state index is 12.6. The second-order valence-electron chi connectivity index (χ2n) is 4.76. The summed E-state index contributed by atoms with van der Waals surface area (Å²) in [5.41, 5.74) is -0.187. The minimum absolute atomic E-state index is 0.105. The van der Waals surface area contributed by atoms with E-state index in [-0.39, 0.29) is 16.8 Å². The molecular weight excluding hydrogens is 315 g/mol. The Bertz CT molecular complexity index is 734. The zero-order valence-corrected chi connectivity index (χ0v) is 13.3. The number of aryl methyl sites for hydroxylation is 1. The van der Waals surface area contributed by atoms with E-state index in [1.54, 1.807) is 24.3 Å². The van der Waals surface area contributed by atoms with Crippen LogP contribution in [0.2, 0.25) is 10.0 Å². The molecule has 0 saturated heterocycles. The van der Waals surface area contributed by atoms with E-state index in [1.807, 2.05) is 13.8 Å². The fraction of sp³-hybridized carbons (Fsp3) is 0.286. The van der Waals surface area contributed by atoms with Gasteiger partial charge in [-0.25, -0.2) is 4.79 Å². The van der Waals surface area contributed by atoms with Gasteiger partial charge >= 0.3 is 11.6 Å². The predicted octanol–water partition coefficient (Wildman–Crippen LogP) is 3.94. The molecule has 0 aliphatic heterocycles. The lowest BCUT2D eigenvalue weighted by Crippen LogP contribution is -2.43. The third kappa shape index (κ3) is 2.84. The molecule has 0 radical (unpaired) electrons. The summed E-state index contributed by atoms with van der Waals surface area (Å²) in [7, 11) is 0. The lowest BCUT2D eigenvalue weighted by atomic mass is 10.2. The first kappa shape index (κ1) is 15.7. The fourth-order valence-corrected chi connectivity index (χ4v) is 2.27. The van der Waals surface area contributed by atoms with Crippen molar-refractivity contribution < 1.29 is 9.32 Å². The molecule has 2 rings (SSSR count). The lowest BCUT2D eigenvalue weighted by molar-refractivity contribution is 0.210. The molecule has 0 fully saturated rings. The quantitative estimate of drug-likeness (QED) is 0.838. The first-order valence-corrected chi connectivity index (χ1v) is 7.06. The molecule has 0 bridgehead atoms. The van der Waals surface area contributed by atoms with Crippen LogP contribution in [0.15, 0.2) is 33.6 Å². The summed E-state index contributed by atoms with van der Waals surface area (Å²) >= 11 is 11.9. The summed E-state index contributed by atoms with van der Waals surface area (Å²) in [4.78, 5) is 25.9. The first-order valence-electron chi connectivity index (χ1n) is 6.31. The second kappa shape index (κ2) is 5.95. The molecule has 0 aliphatic carbocycles. The van der Waals surface area contributed by atoms with Crippen LogP contribution in [0.1, 0.15) is 19.6 Å². The van der Waals surface area contributed by atoms with Gasteiger partial charge in [0, 0.05) is 6.04 Å². The summed E-state index contributed by atoms with van der Waals surface area (Å²) in [6.07, 6.45) is 0. The van der Waals surface area contributed by atoms with E-state index in [0.29, 0.717) is 15.4 Å². The molecule has 1 aromatic carbocycles. The molecular formula is C14H14Cl2N2O3. The SMILES string of the molecule is Cc1on(C(=O)N(c2ccccc2Cl)C(C)C)c(=O)c1Cl. The minimum atomic E-state index is -0.683.